The molecule has 0 aromatic carbocycles. The summed E-state index contributed by atoms with van der Waals surface area (Å²) in [7, 11) is -2.95. The minimum Gasteiger partial charge on any atom is -0.228 e. The molecule has 0 aromatic rings. The van der Waals surface area contributed by atoms with Crippen LogP contribution in [0.25, 0.3) is 0 Å². The summed E-state index contributed by atoms with van der Waals surface area (Å²) in [4.78, 5) is 0. The summed E-state index contributed by atoms with van der Waals surface area (Å²) in [5.74, 6) is 0.341. The molecule has 0 radical (unpaired) electrons. The maximum absolute atomic E-state index is 12.2. The molecule has 0 bridgehead atoms. The first-order valence-corrected chi connectivity index (χ1v) is 7.05. The largest absolute Gasteiger partial charge is 0.228 e. The lowest BCUT2D eigenvalue weighted by molar-refractivity contribution is 0.375. The third-order valence-corrected chi connectivity index (χ3v) is 6.49. The van der Waals surface area contributed by atoms with Crippen LogP contribution in [0, 0.1) is 5.92 Å². The van der Waals surface area contributed by atoms with E-state index in [0.717, 1.165) is 19.3 Å². The number of rotatable bonds is 1. The van der Waals surface area contributed by atoms with Gasteiger partial charge in [0.05, 0.1) is 10.00 Å². The van der Waals surface area contributed by atoms with Gasteiger partial charge in [0.15, 0.2) is 9.84 Å². The van der Waals surface area contributed by atoms with Crippen LogP contribution in [0.15, 0.2) is 0 Å². The van der Waals surface area contributed by atoms with E-state index in [9.17, 15) is 8.42 Å². The third kappa shape index (κ3) is 2.13. The second-order valence-electron chi connectivity index (χ2n) is 5.46. The zero-order valence-corrected chi connectivity index (χ0v) is 10.5. The molecular weight excluding hydrogens is 196 g/mol. The Morgan fingerprint density at radius 3 is 2.00 bits per heavy atom. The highest BCUT2D eigenvalue weighted by Crippen LogP contribution is 2.34. The van der Waals surface area contributed by atoms with Gasteiger partial charge in [-0.1, -0.05) is 19.8 Å². The Hall–Kier alpha value is -0.0500. The van der Waals surface area contributed by atoms with Crippen molar-refractivity contribution < 1.29 is 8.42 Å². The molecule has 14 heavy (non-hydrogen) atoms. The zero-order valence-electron chi connectivity index (χ0n) is 9.71. The van der Waals surface area contributed by atoms with E-state index < -0.39 is 14.6 Å². The van der Waals surface area contributed by atoms with E-state index in [0.29, 0.717) is 5.92 Å². The number of sulfone groups is 1. The SMILES string of the molecule is CC1CCCCC1S(=O)(=O)C(C)(C)C. The summed E-state index contributed by atoms with van der Waals surface area (Å²) in [5, 5.41) is -0.101. The topological polar surface area (TPSA) is 34.1 Å². The van der Waals surface area contributed by atoms with E-state index in [1.165, 1.54) is 6.42 Å². The number of hydrogen-bond acceptors (Lipinski definition) is 2. The fourth-order valence-corrected chi connectivity index (χ4v) is 4.33. The predicted octanol–water partition coefficient (Wildman–Crippen LogP) is 2.78. The minimum absolute atomic E-state index is 0.101. The van der Waals surface area contributed by atoms with Gasteiger partial charge in [0.25, 0.3) is 0 Å². The second kappa shape index (κ2) is 3.84. The fraction of sp³-hybridized carbons (Fsp3) is 1.00. The smallest absolute Gasteiger partial charge is 0.158 e. The summed E-state index contributed by atoms with van der Waals surface area (Å²) in [6, 6.07) is 0. The van der Waals surface area contributed by atoms with Crippen molar-refractivity contribution >= 4 is 9.84 Å². The van der Waals surface area contributed by atoms with Gasteiger partial charge in [-0.15, -0.1) is 0 Å². The summed E-state index contributed by atoms with van der Waals surface area (Å²) in [5.41, 5.74) is 0. The highest BCUT2D eigenvalue weighted by molar-refractivity contribution is 7.93. The molecule has 1 aliphatic carbocycles. The van der Waals surface area contributed by atoms with Crippen LogP contribution in [0.5, 0.6) is 0 Å². The van der Waals surface area contributed by atoms with Crippen LogP contribution in [-0.2, 0) is 9.84 Å². The van der Waals surface area contributed by atoms with E-state index in [-0.39, 0.29) is 5.25 Å². The molecule has 1 saturated carbocycles. The highest BCUT2D eigenvalue weighted by atomic mass is 32.2. The molecule has 0 spiro atoms. The molecule has 0 aliphatic heterocycles. The average Bonchev–Trinajstić information content (AvgIpc) is 2.02. The Morgan fingerprint density at radius 1 is 1.07 bits per heavy atom. The van der Waals surface area contributed by atoms with Gasteiger partial charge < -0.3 is 0 Å². The molecule has 3 heteroatoms. The first kappa shape index (κ1) is 12.0. The quantitative estimate of drug-likeness (QED) is 0.678. The predicted molar refractivity (Wildman–Crippen MR) is 60.1 cm³/mol. The molecule has 1 fully saturated rings. The van der Waals surface area contributed by atoms with Crippen molar-refractivity contribution in [3.05, 3.63) is 0 Å². The van der Waals surface area contributed by atoms with Crippen molar-refractivity contribution in [3.8, 4) is 0 Å². The van der Waals surface area contributed by atoms with E-state index in [1.807, 2.05) is 20.8 Å². The Bertz CT molecular complexity index is 285. The third-order valence-electron chi connectivity index (χ3n) is 3.28. The van der Waals surface area contributed by atoms with Gasteiger partial charge in [0.2, 0.25) is 0 Å². The molecular formula is C11H22O2S. The van der Waals surface area contributed by atoms with Gasteiger partial charge in [0.1, 0.15) is 0 Å². The van der Waals surface area contributed by atoms with E-state index >= 15 is 0 Å². The van der Waals surface area contributed by atoms with Gasteiger partial charge >= 0.3 is 0 Å². The van der Waals surface area contributed by atoms with Crippen molar-refractivity contribution in [2.45, 2.75) is 63.4 Å². The van der Waals surface area contributed by atoms with Crippen LogP contribution >= 0.6 is 0 Å². The molecule has 0 saturated heterocycles. The molecule has 1 rings (SSSR count). The van der Waals surface area contributed by atoms with Gasteiger partial charge in [0, 0.05) is 0 Å². The molecule has 2 unspecified atom stereocenters. The van der Waals surface area contributed by atoms with Crippen LogP contribution in [0.1, 0.15) is 53.4 Å². The Balaban J connectivity index is 2.92. The first-order chi connectivity index (χ1) is 6.27. The zero-order chi connectivity index (χ0) is 11.0. The van der Waals surface area contributed by atoms with Crippen molar-refractivity contribution in [2.24, 2.45) is 5.92 Å². The summed E-state index contributed by atoms with van der Waals surface area (Å²) < 4.78 is 23.8. The Kier molecular flexibility index (Phi) is 3.30. The van der Waals surface area contributed by atoms with Gasteiger partial charge in [-0.2, -0.15) is 0 Å². The molecule has 0 amide bonds. The molecule has 2 nitrogen and oxygen atoms in total. The van der Waals surface area contributed by atoms with E-state index in [1.54, 1.807) is 0 Å². The van der Waals surface area contributed by atoms with Crippen molar-refractivity contribution in [1.29, 1.82) is 0 Å². The Morgan fingerprint density at radius 2 is 1.57 bits per heavy atom. The molecule has 1 aliphatic rings. The lowest BCUT2D eigenvalue weighted by atomic mass is 9.90. The van der Waals surface area contributed by atoms with Gasteiger partial charge in [-0.25, -0.2) is 8.42 Å². The summed E-state index contributed by atoms with van der Waals surface area (Å²) >= 11 is 0. The highest BCUT2D eigenvalue weighted by Gasteiger charge is 2.40. The average molecular weight is 218 g/mol. The molecule has 0 aromatic heterocycles. The van der Waals surface area contributed by atoms with Crippen molar-refractivity contribution in [1.82, 2.24) is 0 Å². The van der Waals surface area contributed by atoms with Crippen molar-refractivity contribution in [2.75, 3.05) is 0 Å². The van der Waals surface area contributed by atoms with Crippen molar-refractivity contribution in [3.63, 3.8) is 0 Å². The maximum Gasteiger partial charge on any atom is 0.158 e. The number of hydrogen-bond donors (Lipinski definition) is 0. The van der Waals surface area contributed by atoms with Crippen LogP contribution < -0.4 is 0 Å². The summed E-state index contributed by atoms with van der Waals surface area (Å²) in [6.07, 6.45) is 4.20. The van der Waals surface area contributed by atoms with Gasteiger partial charge in [-0.3, -0.25) is 0 Å². The van der Waals surface area contributed by atoms with Crippen LogP contribution in [0.2, 0.25) is 0 Å². The molecule has 2 atom stereocenters. The minimum atomic E-state index is -2.95. The maximum atomic E-state index is 12.2. The first-order valence-electron chi connectivity index (χ1n) is 5.50. The Labute approximate surface area is 88.0 Å². The van der Waals surface area contributed by atoms with Crippen LogP contribution in [0.3, 0.4) is 0 Å². The van der Waals surface area contributed by atoms with E-state index in [2.05, 4.69) is 6.92 Å². The van der Waals surface area contributed by atoms with Gasteiger partial charge in [-0.05, 0) is 39.5 Å². The molecule has 0 heterocycles. The summed E-state index contributed by atoms with van der Waals surface area (Å²) in [6.45, 7) is 7.50. The monoisotopic (exact) mass is 218 g/mol. The standard InChI is InChI=1S/C11H22O2S/c1-9-7-5-6-8-10(9)14(12,13)11(2,3)4/h9-10H,5-8H2,1-4H3. The fourth-order valence-electron chi connectivity index (χ4n) is 2.20. The second-order valence-corrected chi connectivity index (χ2v) is 8.38. The van der Waals surface area contributed by atoms with E-state index in [4.69, 9.17) is 0 Å². The van der Waals surface area contributed by atoms with Crippen LogP contribution in [-0.4, -0.2) is 18.4 Å². The molecule has 0 N–H and O–H groups in total. The normalized spacial score (nSPS) is 30.3. The lowest BCUT2D eigenvalue weighted by Crippen LogP contribution is -2.41. The van der Waals surface area contributed by atoms with Crippen LogP contribution in [0.4, 0.5) is 0 Å². The molecule has 84 valence electrons. The lowest BCUT2D eigenvalue weighted by Gasteiger charge is -2.33.